The highest BCUT2D eigenvalue weighted by Crippen LogP contribution is 2.34. The van der Waals surface area contributed by atoms with Crippen LogP contribution in [-0.2, 0) is 5.41 Å². The Labute approximate surface area is 126 Å². The van der Waals surface area contributed by atoms with Gasteiger partial charge in [-0.1, -0.05) is 72.8 Å². The third-order valence-corrected chi connectivity index (χ3v) is 3.66. The molecular weight excluding hydrogens is 258 g/mol. The lowest BCUT2D eigenvalue weighted by molar-refractivity contribution is -0.420. The first-order valence-electron chi connectivity index (χ1n) is 7.17. The van der Waals surface area contributed by atoms with Gasteiger partial charge in [0.05, 0.1) is 0 Å². The van der Waals surface area contributed by atoms with Crippen LogP contribution in [0.3, 0.4) is 0 Å². The fraction of sp³-hybridized carbons (Fsp3) is 0.211. The van der Waals surface area contributed by atoms with Crippen molar-refractivity contribution in [2.45, 2.75) is 18.8 Å². The van der Waals surface area contributed by atoms with Gasteiger partial charge in [0.1, 0.15) is 12.5 Å². The number of rotatable bonds is 5. The molecule has 0 aliphatic carbocycles. The molecule has 0 saturated carbocycles. The van der Waals surface area contributed by atoms with Crippen LogP contribution in [0.15, 0.2) is 72.8 Å². The van der Waals surface area contributed by atoms with Crippen LogP contribution >= 0.6 is 0 Å². The van der Waals surface area contributed by atoms with E-state index in [2.05, 4.69) is 30.3 Å². The normalized spacial score (nSPS) is 12.8. The summed E-state index contributed by atoms with van der Waals surface area (Å²) >= 11 is 0. The summed E-state index contributed by atoms with van der Waals surface area (Å²) in [5, 5.41) is 11.8. The van der Waals surface area contributed by atoms with Gasteiger partial charge < -0.3 is 5.21 Å². The first-order chi connectivity index (χ1) is 10.2. The van der Waals surface area contributed by atoms with Gasteiger partial charge in [0, 0.05) is 0 Å². The van der Waals surface area contributed by atoms with E-state index >= 15 is 0 Å². The average molecular weight is 279 g/mol. The fourth-order valence-electron chi connectivity index (χ4n) is 2.69. The number of hydrogen-bond donors (Lipinski definition) is 0. The summed E-state index contributed by atoms with van der Waals surface area (Å²) in [6.07, 6.45) is 6.65. The molecule has 0 heterocycles. The van der Waals surface area contributed by atoms with E-state index in [0.717, 1.165) is 22.3 Å². The van der Waals surface area contributed by atoms with Crippen molar-refractivity contribution in [2.24, 2.45) is 0 Å². The molecule has 0 radical (unpaired) electrons. The minimum absolute atomic E-state index is 0.439. The van der Waals surface area contributed by atoms with E-state index in [1.165, 1.54) is 7.05 Å². The number of hydrogen-bond acceptors (Lipinski definition) is 1. The number of hydroxylamine groups is 1. The molecule has 2 aromatic carbocycles. The molecule has 2 nitrogen and oxygen atoms in total. The Bertz CT molecular complexity index is 571. The SMILES string of the molecule is C/C=C\CC(/C=[N+](\C)[O-])(c1ccccc1)c1ccccc1. The largest absolute Gasteiger partial charge is 0.624 e. The van der Waals surface area contributed by atoms with Crippen molar-refractivity contribution in [3.63, 3.8) is 0 Å². The van der Waals surface area contributed by atoms with Gasteiger partial charge in [-0.15, -0.1) is 0 Å². The van der Waals surface area contributed by atoms with Crippen LogP contribution in [-0.4, -0.2) is 18.0 Å². The van der Waals surface area contributed by atoms with Crippen molar-refractivity contribution in [1.29, 1.82) is 0 Å². The van der Waals surface area contributed by atoms with Crippen molar-refractivity contribution in [1.82, 2.24) is 0 Å². The Balaban J connectivity index is 2.68. The minimum atomic E-state index is -0.439. The lowest BCUT2D eigenvalue weighted by atomic mass is 9.73. The Morgan fingerprint density at radius 1 is 0.952 bits per heavy atom. The second kappa shape index (κ2) is 6.89. The van der Waals surface area contributed by atoms with Crippen molar-refractivity contribution >= 4 is 6.21 Å². The van der Waals surface area contributed by atoms with Crippen LogP contribution in [0.25, 0.3) is 0 Å². The zero-order valence-corrected chi connectivity index (χ0v) is 12.6. The standard InChI is InChI=1S/C19H21NO/c1-3-4-15-19(16-20(2)21,17-11-7-5-8-12-17)18-13-9-6-10-14-18/h3-14,16H,15H2,1-2H3/b4-3-,20-16+. The first kappa shape index (κ1) is 15.0. The summed E-state index contributed by atoms with van der Waals surface area (Å²) in [6, 6.07) is 20.4. The molecule has 0 bridgehead atoms. The van der Waals surface area contributed by atoms with E-state index in [1.807, 2.05) is 49.4 Å². The summed E-state index contributed by atoms with van der Waals surface area (Å²) < 4.78 is 0.906. The summed E-state index contributed by atoms with van der Waals surface area (Å²) in [5.41, 5.74) is 1.81. The van der Waals surface area contributed by atoms with E-state index < -0.39 is 5.41 Å². The van der Waals surface area contributed by atoms with Gasteiger partial charge in [-0.2, -0.15) is 0 Å². The van der Waals surface area contributed by atoms with Crippen molar-refractivity contribution < 1.29 is 4.74 Å². The maximum absolute atomic E-state index is 11.8. The zero-order chi connectivity index (χ0) is 15.1. The monoisotopic (exact) mass is 279 g/mol. The Kier molecular flexibility index (Phi) is 4.94. The number of nitrogens with zero attached hydrogens (tertiary/aromatic N) is 1. The van der Waals surface area contributed by atoms with Crippen LogP contribution in [0, 0.1) is 5.21 Å². The van der Waals surface area contributed by atoms with Gasteiger partial charge in [0.15, 0.2) is 6.21 Å². The van der Waals surface area contributed by atoms with Gasteiger partial charge in [0.2, 0.25) is 0 Å². The van der Waals surface area contributed by atoms with Crippen molar-refractivity contribution in [3.05, 3.63) is 89.1 Å². The van der Waals surface area contributed by atoms with E-state index in [-0.39, 0.29) is 0 Å². The van der Waals surface area contributed by atoms with E-state index in [4.69, 9.17) is 0 Å². The topological polar surface area (TPSA) is 26.1 Å². The molecule has 21 heavy (non-hydrogen) atoms. The van der Waals surface area contributed by atoms with Crippen molar-refractivity contribution in [3.8, 4) is 0 Å². The molecule has 0 aromatic heterocycles. The molecule has 0 N–H and O–H groups in total. The van der Waals surface area contributed by atoms with Crippen LogP contribution in [0.4, 0.5) is 0 Å². The number of allylic oxidation sites excluding steroid dienone is 2. The van der Waals surface area contributed by atoms with E-state index in [0.29, 0.717) is 0 Å². The molecule has 0 unspecified atom stereocenters. The minimum Gasteiger partial charge on any atom is -0.624 e. The Hall–Kier alpha value is -2.35. The predicted octanol–water partition coefficient (Wildman–Crippen LogP) is 4.15. The molecule has 108 valence electrons. The highest BCUT2D eigenvalue weighted by molar-refractivity contribution is 5.76. The summed E-state index contributed by atoms with van der Waals surface area (Å²) in [6.45, 7) is 2.00. The van der Waals surface area contributed by atoms with Gasteiger partial charge >= 0.3 is 0 Å². The molecule has 0 fully saturated rings. The van der Waals surface area contributed by atoms with Gasteiger partial charge in [-0.25, -0.2) is 4.74 Å². The molecule has 0 amide bonds. The molecule has 2 heteroatoms. The lowest BCUT2D eigenvalue weighted by Crippen LogP contribution is -2.32. The maximum Gasteiger partial charge on any atom is 0.166 e. The molecule has 2 aromatic rings. The molecule has 0 atom stereocenters. The summed E-state index contributed by atoms with van der Waals surface area (Å²) in [7, 11) is 1.54. The molecule has 2 rings (SSSR count). The highest BCUT2D eigenvalue weighted by Gasteiger charge is 2.34. The second-order valence-corrected chi connectivity index (χ2v) is 5.15. The second-order valence-electron chi connectivity index (χ2n) is 5.15. The molecular formula is C19H21NO. The Morgan fingerprint density at radius 3 is 1.81 bits per heavy atom. The van der Waals surface area contributed by atoms with Crippen molar-refractivity contribution in [2.75, 3.05) is 7.05 Å². The molecule has 0 aliphatic heterocycles. The van der Waals surface area contributed by atoms with Gasteiger partial charge in [-0.05, 0) is 24.5 Å². The summed E-state index contributed by atoms with van der Waals surface area (Å²) in [4.78, 5) is 0. The third-order valence-electron chi connectivity index (χ3n) is 3.66. The quantitative estimate of drug-likeness (QED) is 0.265. The van der Waals surface area contributed by atoms with Crippen LogP contribution in [0.5, 0.6) is 0 Å². The fourth-order valence-corrected chi connectivity index (χ4v) is 2.69. The summed E-state index contributed by atoms with van der Waals surface area (Å²) in [5.74, 6) is 0. The third kappa shape index (κ3) is 3.40. The first-order valence-corrected chi connectivity index (χ1v) is 7.17. The Morgan fingerprint density at radius 2 is 1.43 bits per heavy atom. The predicted molar refractivity (Wildman–Crippen MR) is 88.7 cm³/mol. The molecule has 0 saturated heterocycles. The maximum atomic E-state index is 11.8. The van der Waals surface area contributed by atoms with E-state index in [1.54, 1.807) is 6.21 Å². The molecule has 0 aliphatic rings. The molecule has 0 spiro atoms. The average Bonchev–Trinajstić information content (AvgIpc) is 2.53. The van der Waals surface area contributed by atoms with Crippen LogP contribution in [0.2, 0.25) is 0 Å². The van der Waals surface area contributed by atoms with E-state index in [9.17, 15) is 5.21 Å². The van der Waals surface area contributed by atoms with Crippen LogP contribution < -0.4 is 0 Å². The zero-order valence-electron chi connectivity index (χ0n) is 12.6. The smallest absolute Gasteiger partial charge is 0.166 e. The van der Waals surface area contributed by atoms with Gasteiger partial charge in [0.25, 0.3) is 0 Å². The van der Waals surface area contributed by atoms with Crippen LogP contribution in [0.1, 0.15) is 24.5 Å². The number of benzene rings is 2. The lowest BCUT2D eigenvalue weighted by Gasteiger charge is -2.28. The van der Waals surface area contributed by atoms with Gasteiger partial charge in [-0.3, -0.25) is 0 Å². The highest BCUT2D eigenvalue weighted by atomic mass is 16.5.